The first-order chi connectivity index (χ1) is 6.77. The molecule has 0 spiro atoms. The Hall–Kier alpha value is -1.55. The Kier molecular flexibility index (Phi) is 2.37. The minimum absolute atomic E-state index is 0.175. The Morgan fingerprint density at radius 3 is 2.57 bits per heavy atom. The molecule has 0 N–H and O–H groups in total. The summed E-state index contributed by atoms with van der Waals surface area (Å²) < 4.78 is 12.6. The van der Waals surface area contributed by atoms with Crippen molar-refractivity contribution in [1.29, 1.82) is 0 Å². The van der Waals surface area contributed by atoms with Crippen molar-refractivity contribution < 1.29 is 9.18 Å². The third kappa shape index (κ3) is 1.70. The number of hydrogen-bond acceptors (Lipinski definition) is 3. The summed E-state index contributed by atoms with van der Waals surface area (Å²) in [7, 11) is 0. The predicted molar refractivity (Wildman–Crippen MR) is 51.9 cm³/mol. The number of thiazole rings is 1. The van der Waals surface area contributed by atoms with E-state index in [1.807, 2.05) is 0 Å². The molecule has 0 unspecified atom stereocenters. The molecule has 14 heavy (non-hydrogen) atoms. The van der Waals surface area contributed by atoms with Crippen LogP contribution in [-0.4, -0.2) is 10.8 Å². The van der Waals surface area contributed by atoms with Gasteiger partial charge in [0.25, 0.3) is 0 Å². The summed E-state index contributed by atoms with van der Waals surface area (Å²) in [5.41, 5.74) is 2.45. The monoisotopic (exact) mass is 207 g/mol. The average Bonchev–Trinajstić information content (AvgIpc) is 2.71. The third-order valence-electron chi connectivity index (χ3n) is 1.77. The fraction of sp³-hybridized carbons (Fsp3) is 0. The summed E-state index contributed by atoms with van der Waals surface area (Å²) in [5, 5.41) is 1.67. The van der Waals surface area contributed by atoms with Crippen LogP contribution >= 0.6 is 11.3 Å². The predicted octanol–water partition coefficient (Wildman–Crippen LogP) is 2.51. The van der Waals surface area contributed by atoms with Crippen LogP contribution in [0.4, 0.5) is 4.39 Å². The van der Waals surface area contributed by atoms with Gasteiger partial charge in [0.15, 0.2) is 0 Å². The van der Waals surface area contributed by atoms with E-state index in [0.29, 0.717) is 11.3 Å². The van der Waals surface area contributed by atoms with E-state index >= 15 is 0 Å². The van der Waals surface area contributed by atoms with Crippen molar-refractivity contribution >= 4 is 17.1 Å². The maximum absolute atomic E-state index is 12.6. The molecule has 4 heteroatoms. The lowest BCUT2D eigenvalue weighted by Gasteiger charge is -1.96. The SMILES string of the molecule is O=C(c1ccc(F)cc1)c1cscn1. The largest absolute Gasteiger partial charge is 0.287 e. The van der Waals surface area contributed by atoms with Crippen LogP contribution in [0, 0.1) is 5.82 Å². The number of aromatic nitrogens is 1. The number of hydrogen-bond donors (Lipinski definition) is 0. The molecular weight excluding hydrogens is 201 g/mol. The van der Waals surface area contributed by atoms with Crippen molar-refractivity contribution in [2.75, 3.05) is 0 Å². The number of rotatable bonds is 2. The summed E-state index contributed by atoms with van der Waals surface area (Å²) in [6.45, 7) is 0. The van der Waals surface area contributed by atoms with Crippen molar-refractivity contribution in [3.63, 3.8) is 0 Å². The molecule has 0 aliphatic carbocycles. The van der Waals surface area contributed by atoms with Gasteiger partial charge in [0.05, 0.1) is 5.51 Å². The molecule has 0 atom stereocenters. The van der Waals surface area contributed by atoms with E-state index in [2.05, 4.69) is 4.98 Å². The Morgan fingerprint density at radius 2 is 2.00 bits per heavy atom. The molecule has 1 aromatic carbocycles. The smallest absolute Gasteiger partial charge is 0.212 e. The van der Waals surface area contributed by atoms with Gasteiger partial charge in [0, 0.05) is 10.9 Å². The van der Waals surface area contributed by atoms with Crippen molar-refractivity contribution in [2.45, 2.75) is 0 Å². The number of halogens is 1. The Morgan fingerprint density at radius 1 is 1.29 bits per heavy atom. The van der Waals surface area contributed by atoms with Crippen LogP contribution in [0.2, 0.25) is 0 Å². The molecule has 0 bridgehead atoms. The standard InChI is InChI=1S/C10H6FNOS/c11-8-3-1-7(2-4-8)10(13)9-5-14-6-12-9/h1-6H. The zero-order valence-corrected chi connectivity index (χ0v) is 7.92. The maximum Gasteiger partial charge on any atom is 0.212 e. The molecule has 0 saturated heterocycles. The van der Waals surface area contributed by atoms with Gasteiger partial charge in [-0.15, -0.1) is 11.3 Å². The van der Waals surface area contributed by atoms with E-state index in [1.165, 1.54) is 35.6 Å². The molecule has 2 nitrogen and oxygen atoms in total. The lowest BCUT2D eigenvalue weighted by Crippen LogP contribution is -2.00. The lowest BCUT2D eigenvalue weighted by atomic mass is 10.1. The average molecular weight is 207 g/mol. The van der Waals surface area contributed by atoms with E-state index < -0.39 is 0 Å². The second-order valence-electron chi connectivity index (χ2n) is 2.71. The molecule has 1 aromatic heterocycles. The van der Waals surface area contributed by atoms with Crippen molar-refractivity contribution in [1.82, 2.24) is 4.98 Å². The highest BCUT2D eigenvalue weighted by atomic mass is 32.1. The van der Waals surface area contributed by atoms with Crippen molar-refractivity contribution in [2.24, 2.45) is 0 Å². The van der Waals surface area contributed by atoms with Gasteiger partial charge >= 0.3 is 0 Å². The molecule has 0 radical (unpaired) electrons. The first kappa shape index (κ1) is 9.02. The molecule has 0 aliphatic rings. The molecule has 0 amide bonds. The Labute approximate surface area is 84.0 Å². The summed E-state index contributed by atoms with van der Waals surface area (Å²) in [6.07, 6.45) is 0. The normalized spacial score (nSPS) is 10.1. The van der Waals surface area contributed by atoms with Crippen LogP contribution in [0.15, 0.2) is 35.2 Å². The van der Waals surface area contributed by atoms with E-state index in [0.717, 1.165) is 0 Å². The minimum atomic E-state index is -0.347. The zero-order chi connectivity index (χ0) is 9.97. The zero-order valence-electron chi connectivity index (χ0n) is 7.11. The number of ketones is 1. The highest BCUT2D eigenvalue weighted by molar-refractivity contribution is 7.07. The van der Waals surface area contributed by atoms with E-state index in [4.69, 9.17) is 0 Å². The van der Waals surface area contributed by atoms with Crippen LogP contribution < -0.4 is 0 Å². The van der Waals surface area contributed by atoms with Gasteiger partial charge in [-0.1, -0.05) is 0 Å². The van der Waals surface area contributed by atoms with Crippen molar-refractivity contribution in [3.8, 4) is 0 Å². The van der Waals surface area contributed by atoms with Crippen LogP contribution in [-0.2, 0) is 0 Å². The number of benzene rings is 1. The third-order valence-corrected chi connectivity index (χ3v) is 2.36. The summed E-state index contributed by atoms with van der Waals surface area (Å²) in [5.74, 6) is -0.522. The van der Waals surface area contributed by atoms with E-state index in [-0.39, 0.29) is 11.6 Å². The Bertz CT molecular complexity index is 436. The molecule has 0 saturated carbocycles. The van der Waals surface area contributed by atoms with Gasteiger partial charge in [-0.2, -0.15) is 0 Å². The molecule has 2 aromatic rings. The fourth-order valence-corrected chi connectivity index (χ4v) is 1.61. The minimum Gasteiger partial charge on any atom is -0.287 e. The first-order valence-electron chi connectivity index (χ1n) is 3.96. The lowest BCUT2D eigenvalue weighted by molar-refractivity contribution is 0.103. The number of nitrogens with zero attached hydrogens (tertiary/aromatic N) is 1. The highest BCUT2D eigenvalue weighted by Gasteiger charge is 2.10. The highest BCUT2D eigenvalue weighted by Crippen LogP contribution is 2.10. The van der Waals surface area contributed by atoms with Gasteiger partial charge < -0.3 is 0 Å². The first-order valence-corrected chi connectivity index (χ1v) is 4.90. The van der Waals surface area contributed by atoms with E-state index in [9.17, 15) is 9.18 Å². The fourth-order valence-electron chi connectivity index (χ4n) is 1.07. The molecule has 2 rings (SSSR count). The van der Waals surface area contributed by atoms with Crippen molar-refractivity contribution in [3.05, 3.63) is 52.2 Å². The summed E-state index contributed by atoms with van der Waals surface area (Å²) in [6, 6.07) is 5.44. The number of carbonyl (C=O) groups is 1. The van der Waals surface area contributed by atoms with Gasteiger partial charge in [0.1, 0.15) is 11.5 Å². The maximum atomic E-state index is 12.6. The Balaban J connectivity index is 2.33. The summed E-state index contributed by atoms with van der Waals surface area (Å²) >= 11 is 1.36. The van der Waals surface area contributed by atoms with Gasteiger partial charge in [-0.05, 0) is 24.3 Å². The van der Waals surface area contributed by atoms with Crippen LogP contribution in [0.25, 0.3) is 0 Å². The quantitative estimate of drug-likeness (QED) is 0.708. The summed E-state index contributed by atoms with van der Waals surface area (Å²) in [4.78, 5) is 15.5. The molecular formula is C10H6FNOS. The van der Waals surface area contributed by atoms with Gasteiger partial charge in [-0.25, -0.2) is 9.37 Å². The number of carbonyl (C=O) groups excluding carboxylic acids is 1. The molecule has 0 fully saturated rings. The molecule has 1 heterocycles. The van der Waals surface area contributed by atoms with Crippen LogP contribution in [0.5, 0.6) is 0 Å². The van der Waals surface area contributed by atoms with Gasteiger partial charge in [-0.3, -0.25) is 4.79 Å². The van der Waals surface area contributed by atoms with Crippen LogP contribution in [0.1, 0.15) is 16.1 Å². The van der Waals surface area contributed by atoms with Gasteiger partial charge in [0.2, 0.25) is 5.78 Å². The second-order valence-corrected chi connectivity index (χ2v) is 3.43. The molecule has 0 aliphatic heterocycles. The second kappa shape index (κ2) is 3.67. The van der Waals surface area contributed by atoms with E-state index in [1.54, 1.807) is 10.9 Å². The molecule has 70 valence electrons. The van der Waals surface area contributed by atoms with Crippen LogP contribution in [0.3, 0.4) is 0 Å². The topological polar surface area (TPSA) is 30.0 Å².